The number of halogens is 3. The van der Waals surface area contributed by atoms with Crippen LogP contribution in [0.25, 0.3) is 11.4 Å². The molecular formula is C24H29ClF2N6O2. The number of alkyl halides is 2. The van der Waals surface area contributed by atoms with E-state index in [4.69, 9.17) is 22.1 Å². The summed E-state index contributed by atoms with van der Waals surface area (Å²) in [6.07, 6.45) is 3.68. The first-order chi connectivity index (χ1) is 16.7. The Kier molecular flexibility index (Phi) is 7.95. The highest BCUT2D eigenvalue weighted by Gasteiger charge is 2.30. The zero-order chi connectivity index (χ0) is 25.0. The van der Waals surface area contributed by atoms with Crippen LogP contribution < -0.4 is 5.73 Å². The minimum absolute atomic E-state index is 0.0647. The van der Waals surface area contributed by atoms with Gasteiger partial charge in [0.1, 0.15) is 10.8 Å². The Morgan fingerprint density at radius 2 is 1.89 bits per heavy atom. The Morgan fingerprint density at radius 3 is 2.57 bits per heavy atom. The van der Waals surface area contributed by atoms with E-state index < -0.39 is 12.2 Å². The zero-order valence-electron chi connectivity index (χ0n) is 19.5. The fourth-order valence-electron chi connectivity index (χ4n) is 4.24. The molecule has 1 fully saturated rings. The van der Waals surface area contributed by atoms with Gasteiger partial charge in [-0.15, -0.1) is 0 Å². The zero-order valence-corrected chi connectivity index (χ0v) is 20.3. The highest BCUT2D eigenvalue weighted by molar-refractivity contribution is 6.29. The lowest BCUT2D eigenvalue weighted by atomic mass is 9.89. The van der Waals surface area contributed by atoms with Crippen LogP contribution in [0.4, 0.5) is 14.7 Å². The Hall–Kier alpha value is -2.66. The van der Waals surface area contributed by atoms with Gasteiger partial charge in [0.25, 0.3) is 0 Å². The first-order valence-electron chi connectivity index (χ1n) is 11.4. The van der Waals surface area contributed by atoms with Crippen LogP contribution in [-0.2, 0) is 17.8 Å². The smallest absolute Gasteiger partial charge is 0.333 e. The van der Waals surface area contributed by atoms with Crippen molar-refractivity contribution in [2.45, 2.75) is 44.4 Å². The number of rotatable bonds is 9. The summed E-state index contributed by atoms with van der Waals surface area (Å²) in [5.74, 6) is -0.0647. The van der Waals surface area contributed by atoms with E-state index in [-0.39, 0.29) is 22.5 Å². The Balaban J connectivity index is 1.48. The van der Waals surface area contributed by atoms with Gasteiger partial charge < -0.3 is 20.5 Å². The van der Waals surface area contributed by atoms with Crippen molar-refractivity contribution < 1.29 is 18.6 Å². The number of ether oxygens (including phenoxy) is 1. The molecule has 0 bridgehead atoms. The minimum Gasteiger partial charge on any atom is -0.390 e. The van der Waals surface area contributed by atoms with Crippen molar-refractivity contribution >= 4 is 17.5 Å². The van der Waals surface area contributed by atoms with E-state index in [2.05, 4.69) is 27.0 Å². The van der Waals surface area contributed by atoms with Gasteiger partial charge >= 0.3 is 6.55 Å². The van der Waals surface area contributed by atoms with Crippen LogP contribution in [0.5, 0.6) is 0 Å². The molecule has 1 saturated heterocycles. The first-order valence-corrected chi connectivity index (χ1v) is 11.8. The van der Waals surface area contributed by atoms with E-state index in [9.17, 15) is 13.9 Å². The van der Waals surface area contributed by atoms with Gasteiger partial charge in [0.15, 0.2) is 0 Å². The third kappa shape index (κ3) is 6.52. The third-order valence-electron chi connectivity index (χ3n) is 6.35. The number of nitrogens with zero attached hydrogens (tertiary/aromatic N) is 5. The summed E-state index contributed by atoms with van der Waals surface area (Å²) in [6.45, 7) is -0.284. The average molecular weight is 507 g/mol. The second kappa shape index (κ2) is 10.9. The second-order valence-corrected chi connectivity index (χ2v) is 9.36. The lowest BCUT2D eigenvalue weighted by Crippen LogP contribution is -2.43. The fourth-order valence-corrected chi connectivity index (χ4v) is 4.43. The molecule has 3 N–H and O–H groups in total. The van der Waals surface area contributed by atoms with Crippen molar-refractivity contribution in [1.29, 1.82) is 0 Å². The molecule has 11 heteroatoms. The summed E-state index contributed by atoms with van der Waals surface area (Å²) in [5.41, 5.74) is 7.94. The fraction of sp³-hybridized carbons (Fsp3) is 0.458. The molecule has 0 spiro atoms. The van der Waals surface area contributed by atoms with Gasteiger partial charge in [0, 0.05) is 43.9 Å². The van der Waals surface area contributed by atoms with E-state index in [1.165, 1.54) is 12.3 Å². The van der Waals surface area contributed by atoms with Crippen molar-refractivity contribution in [1.82, 2.24) is 24.6 Å². The van der Waals surface area contributed by atoms with Gasteiger partial charge in [-0.05, 0) is 37.4 Å². The van der Waals surface area contributed by atoms with E-state index in [0.29, 0.717) is 36.3 Å². The highest BCUT2D eigenvalue weighted by atomic mass is 35.5. The maximum Gasteiger partial charge on any atom is 0.333 e. The van der Waals surface area contributed by atoms with Crippen molar-refractivity contribution in [3.63, 3.8) is 0 Å². The summed E-state index contributed by atoms with van der Waals surface area (Å²) in [7, 11) is 2.05. The quantitative estimate of drug-likeness (QED) is 0.335. The predicted molar refractivity (Wildman–Crippen MR) is 129 cm³/mol. The van der Waals surface area contributed by atoms with Gasteiger partial charge in [0.05, 0.1) is 17.9 Å². The van der Waals surface area contributed by atoms with Gasteiger partial charge in [-0.1, -0.05) is 35.9 Å². The SMILES string of the molecule is CN1CCC(O)(CCOCc2ccccc2Cc2cn(C(F)F)nc2-c2cc(Cl)nc(N)n2)CC1. The molecule has 1 aliphatic heterocycles. The van der Waals surface area contributed by atoms with Gasteiger partial charge in [0.2, 0.25) is 5.95 Å². The third-order valence-corrected chi connectivity index (χ3v) is 6.54. The standard InChI is InChI=1S/C24H29ClF2N6O2/c1-32-9-6-24(34,7-10-32)8-11-35-15-17-5-3-2-4-16(17)12-18-14-33(22(26)27)31-21(18)19-13-20(25)30-23(28)29-19/h2-5,13-14,22,34H,6-12,15H2,1H3,(H2,28,29,30). The number of nitrogen functional groups attached to an aromatic ring is 1. The number of hydrogen-bond donors (Lipinski definition) is 2. The summed E-state index contributed by atoms with van der Waals surface area (Å²) in [5, 5.41) is 14.9. The molecule has 0 unspecified atom stereocenters. The average Bonchev–Trinajstić information content (AvgIpc) is 3.24. The van der Waals surface area contributed by atoms with Crippen LogP contribution in [0, 0.1) is 0 Å². The van der Waals surface area contributed by atoms with Crippen LogP contribution in [0.15, 0.2) is 36.5 Å². The maximum atomic E-state index is 13.4. The van der Waals surface area contributed by atoms with Crippen LogP contribution in [-0.4, -0.2) is 62.1 Å². The predicted octanol–water partition coefficient (Wildman–Crippen LogP) is 3.93. The molecule has 8 nitrogen and oxygen atoms in total. The molecule has 1 aliphatic rings. The number of hydrogen-bond acceptors (Lipinski definition) is 7. The van der Waals surface area contributed by atoms with E-state index in [0.717, 1.165) is 37.1 Å². The summed E-state index contributed by atoms with van der Waals surface area (Å²) in [6, 6.07) is 9.10. The molecule has 3 heterocycles. The molecule has 2 aromatic heterocycles. The number of aliphatic hydroxyl groups is 1. The maximum absolute atomic E-state index is 13.4. The molecule has 0 saturated carbocycles. The van der Waals surface area contributed by atoms with Crippen molar-refractivity contribution in [3.8, 4) is 11.4 Å². The Labute approximate surface area is 207 Å². The van der Waals surface area contributed by atoms with Crippen molar-refractivity contribution in [3.05, 3.63) is 58.4 Å². The largest absolute Gasteiger partial charge is 0.390 e. The lowest BCUT2D eigenvalue weighted by Gasteiger charge is -2.36. The molecule has 188 valence electrons. The van der Waals surface area contributed by atoms with Crippen LogP contribution in [0.1, 0.15) is 42.5 Å². The molecule has 0 atom stereocenters. The molecule has 0 amide bonds. The van der Waals surface area contributed by atoms with Crippen molar-refractivity contribution in [2.75, 3.05) is 32.5 Å². The molecule has 0 radical (unpaired) electrons. The number of nitrogens with two attached hydrogens (primary N) is 1. The Bertz CT molecular complexity index is 1130. The van der Waals surface area contributed by atoms with Gasteiger partial charge in [-0.3, -0.25) is 0 Å². The van der Waals surface area contributed by atoms with E-state index in [1.807, 2.05) is 24.3 Å². The van der Waals surface area contributed by atoms with Crippen LogP contribution in [0.2, 0.25) is 5.15 Å². The van der Waals surface area contributed by atoms with Crippen molar-refractivity contribution in [2.24, 2.45) is 0 Å². The molecule has 1 aromatic carbocycles. The van der Waals surface area contributed by atoms with Crippen LogP contribution in [0.3, 0.4) is 0 Å². The number of piperidine rings is 1. The number of anilines is 1. The normalized spacial score (nSPS) is 16.2. The molecule has 4 rings (SSSR count). The van der Waals surface area contributed by atoms with Gasteiger partial charge in [-0.2, -0.15) is 13.9 Å². The van der Waals surface area contributed by atoms with Gasteiger partial charge in [-0.25, -0.2) is 14.6 Å². The van der Waals surface area contributed by atoms with Crippen LogP contribution >= 0.6 is 11.6 Å². The summed E-state index contributed by atoms with van der Waals surface area (Å²) < 4.78 is 33.4. The molecule has 3 aromatic rings. The van der Waals surface area contributed by atoms with E-state index >= 15 is 0 Å². The molecular weight excluding hydrogens is 478 g/mol. The topological polar surface area (TPSA) is 102 Å². The summed E-state index contributed by atoms with van der Waals surface area (Å²) >= 11 is 6.00. The lowest BCUT2D eigenvalue weighted by molar-refractivity contribution is -0.0434. The molecule has 35 heavy (non-hydrogen) atoms. The monoisotopic (exact) mass is 506 g/mol. The Morgan fingerprint density at radius 1 is 1.17 bits per heavy atom. The number of likely N-dealkylation sites (tertiary alicyclic amines) is 1. The van der Waals surface area contributed by atoms with E-state index in [1.54, 1.807) is 0 Å². The first kappa shape index (κ1) is 25.4. The second-order valence-electron chi connectivity index (χ2n) is 8.97. The number of benzene rings is 1. The summed E-state index contributed by atoms with van der Waals surface area (Å²) in [4.78, 5) is 10.2. The minimum atomic E-state index is -2.80. The highest BCUT2D eigenvalue weighted by Crippen LogP contribution is 2.29. The molecule has 0 aliphatic carbocycles. The number of aromatic nitrogens is 4.